The summed E-state index contributed by atoms with van der Waals surface area (Å²) in [5.74, 6) is -8.24. The van der Waals surface area contributed by atoms with Gasteiger partial charge < -0.3 is 53.2 Å². The van der Waals surface area contributed by atoms with Crippen LogP contribution in [0, 0.1) is 0 Å². The SMILES string of the molecule is C[C@H](N)C(=O)N[C@@H](CC(=O)O)C(=O)N[C@@H](CCC(N)=O)C(=O)N[C@@H](CO)C(=O)N[C@@H](CO)C(=O)O. The number of rotatable bonds is 16. The molecule has 12 N–H and O–H groups in total. The van der Waals surface area contributed by atoms with Crippen molar-refractivity contribution in [1.82, 2.24) is 21.3 Å². The number of aliphatic hydroxyl groups excluding tert-OH is 2. The maximum atomic E-state index is 12.7. The van der Waals surface area contributed by atoms with Crippen LogP contribution in [0.25, 0.3) is 0 Å². The van der Waals surface area contributed by atoms with Crippen LogP contribution in [0.5, 0.6) is 0 Å². The molecule has 0 saturated heterocycles. The first-order valence-electron chi connectivity index (χ1n) is 10.1. The molecule has 0 aliphatic heterocycles. The fourth-order valence-electron chi connectivity index (χ4n) is 2.44. The van der Waals surface area contributed by atoms with Crippen molar-refractivity contribution >= 4 is 41.5 Å². The summed E-state index contributed by atoms with van der Waals surface area (Å²) in [6.07, 6.45) is -1.73. The lowest BCUT2D eigenvalue weighted by molar-refractivity contribution is -0.143. The molecule has 0 heterocycles. The monoisotopic (exact) mass is 506 g/mol. The van der Waals surface area contributed by atoms with Crippen LogP contribution in [0.1, 0.15) is 26.2 Å². The lowest BCUT2D eigenvalue weighted by Gasteiger charge is -2.25. The highest BCUT2D eigenvalue weighted by Crippen LogP contribution is 2.03. The van der Waals surface area contributed by atoms with E-state index < -0.39 is 104 Å². The second-order valence-corrected chi connectivity index (χ2v) is 7.34. The van der Waals surface area contributed by atoms with Crippen molar-refractivity contribution in [3.63, 3.8) is 0 Å². The van der Waals surface area contributed by atoms with E-state index in [1.54, 1.807) is 0 Å². The molecule has 17 heteroatoms. The molecule has 0 aromatic heterocycles. The molecule has 0 rings (SSSR count). The Kier molecular flexibility index (Phi) is 13.5. The van der Waals surface area contributed by atoms with Gasteiger partial charge in [-0.15, -0.1) is 0 Å². The summed E-state index contributed by atoms with van der Waals surface area (Å²) in [6, 6.07) is -7.80. The van der Waals surface area contributed by atoms with Crippen molar-refractivity contribution < 1.29 is 54.0 Å². The van der Waals surface area contributed by atoms with Gasteiger partial charge >= 0.3 is 11.9 Å². The Morgan fingerprint density at radius 2 is 1.14 bits per heavy atom. The lowest BCUT2D eigenvalue weighted by atomic mass is 10.1. The van der Waals surface area contributed by atoms with Crippen LogP contribution in [0.4, 0.5) is 0 Å². The molecule has 198 valence electrons. The summed E-state index contributed by atoms with van der Waals surface area (Å²) in [5.41, 5.74) is 10.4. The molecule has 0 fully saturated rings. The second-order valence-electron chi connectivity index (χ2n) is 7.34. The topological polar surface area (TPSA) is 301 Å². The smallest absolute Gasteiger partial charge is 0.328 e. The number of nitrogens with one attached hydrogen (secondary N) is 4. The fraction of sp³-hybridized carbons (Fsp3) is 0.611. The van der Waals surface area contributed by atoms with Crippen molar-refractivity contribution in [3.05, 3.63) is 0 Å². The number of amides is 5. The van der Waals surface area contributed by atoms with Crippen molar-refractivity contribution in [2.45, 2.75) is 56.4 Å². The van der Waals surface area contributed by atoms with E-state index in [1.165, 1.54) is 6.92 Å². The van der Waals surface area contributed by atoms with Crippen molar-refractivity contribution in [1.29, 1.82) is 0 Å². The number of hydrogen-bond acceptors (Lipinski definition) is 10. The van der Waals surface area contributed by atoms with E-state index in [0.717, 1.165) is 0 Å². The van der Waals surface area contributed by atoms with Gasteiger partial charge in [0.05, 0.1) is 25.7 Å². The largest absolute Gasteiger partial charge is 0.481 e. The van der Waals surface area contributed by atoms with Gasteiger partial charge in [0.1, 0.15) is 24.2 Å². The van der Waals surface area contributed by atoms with Gasteiger partial charge in [0.25, 0.3) is 0 Å². The third-order valence-corrected chi connectivity index (χ3v) is 4.35. The number of primary amides is 1. The van der Waals surface area contributed by atoms with Gasteiger partial charge in [-0.1, -0.05) is 0 Å². The third kappa shape index (κ3) is 11.7. The quantitative estimate of drug-likeness (QED) is 0.0935. The maximum Gasteiger partial charge on any atom is 0.328 e. The van der Waals surface area contributed by atoms with Gasteiger partial charge in [0, 0.05) is 6.42 Å². The zero-order valence-electron chi connectivity index (χ0n) is 18.7. The van der Waals surface area contributed by atoms with Gasteiger partial charge in [-0.05, 0) is 13.3 Å². The number of hydrogen-bond donors (Lipinski definition) is 10. The Morgan fingerprint density at radius 1 is 0.714 bits per heavy atom. The maximum absolute atomic E-state index is 12.7. The third-order valence-electron chi connectivity index (χ3n) is 4.35. The minimum Gasteiger partial charge on any atom is -0.481 e. The first-order chi connectivity index (χ1) is 16.2. The summed E-state index contributed by atoms with van der Waals surface area (Å²) in [7, 11) is 0. The van der Waals surface area contributed by atoms with Gasteiger partial charge in [-0.25, -0.2) is 4.79 Å². The molecule has 5 amide bonds. The molecule has 0 spiro atoms. The number of carbonyl (C=O) groups is 7. The molecule has 0 aromatic carbocycles. The summed E-state index contributed by atoms with van der Waals surface area (Å²) in [5, 5.41) is 44.4. The molecule has 35 heavy (non-hydrogen) atoms. The van der Waals surface area contributed by atoms with Crippen molar-refractivity contribution in [2.24, 2.45) is 11.5 Å². The van der Waals surface area contributed by atoms with Crippen LogP contribution in [-0.4, -0.2) is 105 Å². The number of aliphatic hydroxyl groups is 2. The molecule has 17 nitrogen and oxygen atoms in total. The minimum atomic E-state index is -1.73. The van der Waals surface area contributed by atoms with Crippen molar-refractivity contribution in [3.8, 4) is 0 Å². The number of aliphatic carboxylic acids is 2. The van der Waals surface area contributed by atoms with Crippen LogP contribution >= 0.6 is 0 Å². The second kappa shape index (κ2) is 15.1. The molecular formula is C18H30N6O11. The zero-order chi connectivity index (χ0) is 27.3. The fourth-order valence-corrected chi connectivity index (χ4v) is 2.44. The molecule has 0 aliphatic carbocycles. The van der Waals surface area contributed by atoms with Gasteiger partial charge in [-0.2, -0.15) is 0 Å². The Labute approximate surface area is 198 Å². The number of carboxylic acid groups (broad SMARTS) is 2. The highest BCUT2D eigenvalue weighted by atomic mass is 16.4. The zero-order valence-corrected chi connectivity index (χ0v) is 18.7. The van der Waals surface area contributed by atoms with E-state index in [9.17, 15) is 38.7 Å². The highest BCUT2D eigenvalue weighted by Gasteiger charge is 2.32. The molecule has 0 radical (unpaired) electrons. The van der Waals surface area contributed by atoms with E-state index >= 15 is 0 Å². The normalized spacial score (nSPS) is 14.9. The first kappa shape index (κ1) is 31.2. The van der Waals surface area contributed by atoms with Gasteiger partial charge in [0.15, 0.2) is 0 Å². The van der Waals surface area contributed by atoms with Crippen LogP contribution in [0.3, 0.4) is 0 Å². The van der Waals surface area contributed by atoms with Crippen LogP contribution in [0.15, 0.2) is 0 Å². The summed E-state index contributed by atoms with van der Waals surface area (Å²) in [4.78, 5) is 82.4. The summed E-state index contributed by atoms with van der Waals surface area (Å²) in [6.45, 7) is -0.722. The predicted octanol–water partition coefficient (Wildman–Crippen LogP) is -5.92. The molecular weight excluding hydrogens is 476 g/mol. The molecule has 0 saturated carbocycles. The summed E-state index contributed by atoms with van der Waals surface area (Å²) >= 11 is 0. The Balaban J connectivity index is 5.61. The van der Waals surface area contributed by atoms with Gasteiger partial charge in [-0.3, -0.25) is 28.8 Å². The predicted molar refractivity (Wildman–Crippen MR) is 114 cm³/mol. The number of carboxylic acids is 2. The van der Waals surface area contributed by atoms with Crippen LogP contribution in [0.2, 0.25) is 0 Å². The van der Waals surface area contributed by atoms with E-state index in [4.69, 9.17) is 26.8 Å². The van der Waals surface area contributed by atoms with Crippen molar-refractivity contribution in [2.75, 3.05) is 13.2 Å². The van der Waals surface area contributed by atoms with E-state index in [2.05, 4.69) is 10.6 Å². The Morgan fingerprint density at radius 3 is 1.57 bits per heavy atom. The minimum absolute atomic E-state index is 0.415. The number of carbonyl (C=O) groups excluding carboxylic acids is 5. The average molecular weight is 506 g/mol. The molecule has 0 unspecified atom stereocenters. The average Bonchev–Trinajstić information content (AvgIpc) is 2.76. The lowest BCUT2D eigenvalue weighted by Crippen LogP contribution is -2.59. The highest BCUT2D eigenvalue weighted by molar-refractivity contribution is 5.96. The molecule has 0 aromatic rings. The van der Waals surface area contributed by atoms with Gasteiger partial charge in [0.2, 0.25) is 29.5 Å². The van der Waals surface area contributed by atoms with Crippen LogP contribution < -0.4 is 32.7 Å². The van der Waals surface area contributed by atoms with E-state index in [0.29, 0.717) is 0 Å². The molecule has 0 aliphatic rings. The Hall–Kier alpha value is -3.83. The van der Waals surface area contributed by atoms with E-state index in [-0.39, 0.29) is 0 Å². The molecule has 5 atom stereocenters. The van der Waals surface area contributed by atoms with E-state index in [1.807, 2.05) is 10.6 Å². The number of nitrogens with two attached hydrogens (primary N) is 2. The first-order valence-corrected chi connectivity index (χ1v) is 10.1. The standard InChI is InChI=1S/C18H30N6O11/c1-7(19)14(30)22-9(4-13(28)29)16(32)21-8(2-3-12(20)27)15(31)23-10(5-25)17(33)24-11(6-26)18(34)35/h7-11,25-26H,2-6,19H2,1H3,(H2,20,27)(H,21,32)(H,22,30)(H,23,31)(H,24,33)(H,28,29)(H,34,35)/t7-,8-,9-,10-,11-/m0/s1. The Bertz CT molecular complexity index is 819. The molecule has 0 bridgehead atoms. The van der Waals surface area contributed by atoms with Crippen LogP contribution in [-0.2, 0) is 33.6 Å². The summed E-state index contributed by atoms with van der Waals surface area (Å²) < 4.78 is 0.